The summed E-state index contributed by atoms with van der Waals surface area (Å²) >= 11 is 0. The van der Waals surface area contributed by atoms with Crippen LogP contribution in [-0.4, -0.2) is 37.6 Å². The van der Waals surface area contributed by atoms with Gasteiger partial charge in [0.05, 0.1) is 0 Å². The summed E-state index contributed by atoms with van der Waals surface area (Å²) < 4.78 is 0. The minimum absolute atomic E-state index is 0.890. The van der Waals surface area contributed by atoms with Crippen molar-refractivity contribution in [1.82, 2.24) is 10.2 Å². The van der Waals surface area contributed by atoms with Crippen LogP contribution in [0.25, 0.3) is 0 Å². The van der Waals surface area contributed by atoms with Gasteiger partial charge in [0.2, 0.25) is 0 Å². The summed E-state index contributed by atoms with van der Waals surface area (Å²) in [5.41, 5.74) is 0. The third-order valence-corrected chi connectivity index (χ3v) is 3.91. The summed E-state index contributed by atoms with van der Waals surface area (Å²) in [5.74, 6) is 2.77. The first-order chi connectivity index (χ1) is 6.75. The molecule has 0 aromatic heterocycles. The zero-order valence-corrected chi connectivity index (χ0v) is 9.63. The monoisotopic (exact) mass is 196 g/mol. The predicted octanol–water partition coefficient (Wildman–Crippen LogP) is 1.57. The van der Waals surface area contributed by atoms with E-state index in [1.54, 1.807) is 0 Å². The van der Waals surface area contributed by atoms with Crippen molar-refractivity contribution in [2.24, 2.45) is 17.8 Å². The maximum absolute atomic E-state index is 3.37. The summed E-state index contributed by atoms with van der Waals surface area (Å²) in [7, 11) is 0. The van der Waals surface area contributed by atoms with Crippen LogP contribution in [0.5, 0.6) is 0 Å². The van der Waals surface area contributed by atoms with Crippen LogP contribution in [0, 0.1) is 17.8 Å². The molecule has 0 aliphatic carbocycles. The molecule has 14 heavy (non-hydrogen) atoms. The normalized spacial score (nSPS) is 32.6. The Kier molecular flexibility index (Phi) is 3.45. The van der Waals surface area contributed by atoms with Crippen molar-refractivity contribution in [3.8, 4) is 0 Å². The van der Waals surface area contributed by atoms with Crippen LogP contribution in [0.3, 0.4) is 0 Å². The van der Waals surface area contributed by atoms with Gasteiger partial charge < -0.3 is 10.2 Å². The smallest absolute Gasteiger partial charge is 0.00107 e. The summed E-state index contributed by atoms with van der Waals surface area (Å²) in [6, 6.07) is 0. The van der Waals surface area contributed by atoms with E-state index < -0.39 is 0 Å². The summed E-state index contributed by atoms with van der Waals surface area (Å²) in [6.07, 6.45) is 2.85. The number of likely N-dealkylation sites (tertiary alicyclic amines) is 1. The van der Waals surface area contributed by atoms with Crippen LogP contribution in [0.1, 0.15) is 26.7 Å². The summed E-state index contributed by atoms with van der Waals surface area (Å²) in [6.45, 7) is 11.3. The highest BCUT2D eigenvalue weighted by molar-refractivity contribution is 4.82. The van der Waals surface area contributed by atoms with Crippen LogP contribution in [-0.2, 0) is 0 Å². The van der Waals surface area contributed by atoms with E-state index in [1.807, 2.05) is 0 Å². The second-order valence-corrected chi connectivity index (χ2v) is 5.40. The van der Waals surface area contributed by atoms with Crippen molar-refractivity contribution < 1.29 is 0 Å². The van der Waals surface area contributed by atoms with Crippen LogP contribution in [0.2, 0.25) is 0 Å². The lowest BCUT2D eigenvalue weighted by Crippen LogP contribution is -2.49. The van der Waals surface area contributed by atoms with E-state index in [9.17, 15) is 0 Å². The van der Waals surface area contributed by atoms with E-state index in [1.165, 1.54) is 45.6 Å². The Balaban J connectivity index is 1.72. The van der Waals surface area contributed by atoms with E-state index in [-0.39, 0.29) is 0 Å². The summed E-state index contributed by atoms with van der Waals surface area (Å²) in [4.78, 5) is 2.68. The fourth-order valence-electron chi connectivity index (χ4n) is 2.72. The van der Waals surface area contributed by atoms with Crippen LogP contribution in [0.4, 0.5) is 0 Å². The lowest BCUT2D eigenvalue weighted by atomic mass is 9.88. The van der Waals surface area contributed by atoms with Gasteiger partial charge in [0.25, 0.3) is 0 Å². The number of hydrogen-bond acceptors (Lipinski definition) is 2. The Hall–Kier alpha value is -0.0800. The molecule has 2 fully saturated rings. The minimum atomic E-state index is 0.890. The Labute approximate surface area is 88.1 Å². The van der Waals surface area contributed by atoms with Gasteiger partial charge in [-0.15, -0.1) is 0 Å². The maximum Gasteiger partial charge on any atom is 0.00107 e. The third kappa shape index (κ3) is 2.48. The van der Waals surface area contributed by atoms with Gasteiger partial charge in [-0.05, 0) is 50.2 Å². The number of hydrogen-bond donors (Lipinski definition) is 1. The van der Waals surface area contributed by atoms with E-state index in [2.05, 4.69) is 24.1 Å². The molecule has 0 aromatic rings. The van der Waals surface area contributed by atoms with Crippen LogP contribution >= 0.6 is 0 Å². The molecule has 0 saturated carbocycles. The molecule has 2 atom stereocenters. The molecule has 2 nitrogen and oxygen atoms in total. The van der Waals surface area contributed by atoms with Gasteiger partial charge in [0.15, 0.2) is 0 Å². The molecule has 2 aliphatic rings. The maximum atomic E-state index is 3.37. The van der Waals surface area contributed by atoms with Gasteiger partial charge in [-0.25, -0.2) is 0 Å². The lowest BCUT2D eigenvalue weighted by molar-refractivity contribution is 0.126. The predicted molar refractivity (Wildman–Crippen MR) is 60.4 cm³/mol. The average Bonchev–Trinajstić information content (AvgIpc) is 1.99. The Morgan fingerprint density at radius 1 is 1.43 bits per heavy atom. The molecule has 0 spiro atoms. The number of piperidine rings is 1. The highest BCUT2D eigenvalue weighted by atomic mass is 15.1. The molecule has 1 N–H and O–H groups in total. The van der Waals surface area contributed by atoms with Gasteiger partial charge in [0.1, 0.15) is 0 Å². The zero-order valence-electron chi connectivity index (χ0n) is 9.63. The molecule has 2 unspecified atom stereocenters. The highest BCUT2D eigenvalue weighted by Gasteiger charge is 2.26. The lowest BCUT2D eigenvalue weighted by Gasteiger charge is -2.38. The second kappa shape index (κ2) is 4.63. The first-order valence-electron chi connectivity index (χ1n) is 6.19. The van der Waals surface area contributed by atoms with Gasteiger partial charge in [-0.3, -0.25) is 0 Å². The van der Waals surface area contributed by atoms with Crippen molar-refractivity contribution in [3.05, 3.63) is 0 Å². The molecular weight excluding hydrogens is 172 g/mol. The minimum Gasteiger partial charge on any atom is -0.316 e. The van der Waals surface area contributed by atoms with E-state index >= 15 is 0 Å². The Morgan fingerprint density at radius 2 is 2.21 bits per heavy atom. The molecule has 2 heterocycles. The molecule has 82 valence electrons. The van der Waals surface area contributed by atoms with Crippen molar-refractivity contribution in [2.75, 3.05) is 32.7 Å². The molecule has 0 bridgehead atoms. The Morgan fingerprint density at radius 3 is 2.79 bits per heavy atom. The molecular formula is C12H24N2. The van der Waals surface area contributed by atoms with Crippen molar-refractivity contribution in [3.63, 3.8) is 0 Å². The van der Waals surface area contributed by atoms with Crippen molar-refractivity contribution in [1.29, 1.82) is 0 Å². The summed E-state index contributed by atoms with van der Waals surface area (Å²) in [5, 5.41) is 3.37. The number of rotatable bonds is 3. The Bertz CT molecular complexity index is 177. The van der Waals surface area contributed by atoms with Gasteiger partial charge >= 0.3 is 0 Å². The molecule has 2 saturated heterocycles. The fraction of sp³-hybridized carbons (Fsp3) is 1.00. The quantitative estimate of drug-likeness (QED) is 0.737. The van der Waals surface area contributed by atoms with Crippen LogP contribution in [0.15, 0.2) is 0 Å². The van der Waals surface area contributed by atoms with Crippen molar-refractivity contribution >= 4 is 0 Å². The van der Waals surface area contributed by atoms with Crippen molar-refractivity contribution in [2.45, 2.75) is 26.7 Å². The molecule has 2 heteroatoms. The molecule has 2 aliphatic heterocycles. The molecule has 0 aromatic carbocycles. The largest absolute Gasteiger partial charge is 0.316 e. The molecule has 0 radical (unpaired) electrons. The standard InChI is InChI=1S/C12H24N2/c1-10-4-3-5-14(8-10)9-11(2)12-6-13-7-12/h10-13H,3-9H2,1-2H3. The number of nitrogens with zero attached hydrogens (tertiary/aromatic N) is 1. The van der Waals surface area contributed by atoms with E-state index in [0.29, 0.717) is 0 Å². The first kappa shape index (κ1) is 10.4. The fourth-order valence-corrected chi connectivity index (χ4v) is 2.72. The van der Waals surface area contributed by atoms with Gasteiger partial charge in [-0.1, -0.05) is 13.8 Å². The van der Waals surface area contributed by atoms with Gasteiger partial charge in [-0.2, -0.15) is 0 Å². The first-order valence-corrected chi connectivity index (χ1v) is 6.19. The van der Waals surface area contributed by atoms with E-state index in [0.717, 1.165) is 17.8 Å². The SMILES string of the molecule is CC1CCCN(CC(C)C2CNC2)C1. The van der Waals surface area contributed by atoms with Crippen LogP contribution < -0.4 is 5.32 Å². The zero-order chi connectivity index (χ0) is 9.97. The number of nitrogens with one attached hydrogen (secondary N) is 1. The van der Waals surface area contributed by atoms with Gasteiger partial charge in [0, 0.05) is 13.1 Å². The highest BCUT2D eigenvalue weighted by Crippen LogP contribution is 2.21. The molecule has 2 rings (SSSR count). The second-order valence-electron chi connectivity index (χ2n) is 5.40. The third-order valence-electron chi connectivity index (χ3n) is 3.91. The average molecular weight is 196 g/mol. The molecule has 0 amide bonds. The van der Waals surface area contributed by atoms with E-state index in [4.69, 9.17) is 0 Å². The topological polar surface area (TPSA) is 15.3 Å².